The zero-order valence-electron chi connectivity index (χ0n) is 12.3. The van der Waals surface area contributed by atoms with Gasteiger partial charge in [0.25, 0.3) is 0 Å². The number of rotatable bonds is 4. The zero-order valence-corrected chi connectivity index (χ0v) is 13.1. The molecule has 0 spiro atoms. The van der Waals surface area contributed by atoms with Gasteiger partial charge in [0.1, 0.15) is 5.82 Å². The number of carbonyl (C=O) groups excluding carboxylic acids is 1. The first-order chi connectivity index (χ1) is 9.97. The van der Waals surface area contributed by atoms with Crippen molar-refractivity contribution in [3.63, 3.8) is 0 Å². The second-order valence-corrected chi connectivity index (χ2v) is 6.20. The lowest BCUT2D eigenvalue weighted by molar-refractivity contribution is -0.139. The van der Waals surface area contributed by atoms with E-state index < -0.39 is 5.41 Å². The van der Waals surface area contributed by atoms with Crippen molar-refractivity contribution >= 4 is 23.1 Å². The molecule has 0 saturated heterocycles. The summed E-state index contributed by atoms with van der Waals surface area (Å²) in [6.45, 7) is 0.232. The third-order valence-electron chi connectivity index (χ3n) is 4.30. The van der Waals surface area contributed by atoms with Crippen molar-refractivity contribution in [3.05, 3.63) is 35.6 Å². The van der Waals surface area contributed by atoms with E-state index in [-0.39, 0.29) is 23.3 Å². The van der Waals surface area contributed by atoms with Crippen molar-refractivity contribution in [2.75, 3.05) is 7.05 Å². The van der Waals surface area contributed by atoms with Crippen LogP contribution in [0.15, 0.2) is 24.3 Å². The minimum atomic E-state index is -0.742. The molecule has 5 heteroatoms. The van der Waals surface area contributed by atoms with Crippen LogP contribution in [0.1, 0.15) is 37.7 Å². The number of nitrogens with zero attached hydrogens (tertiary/aromatic N) is 1. The summed E-state index contributed by atoms with van der Waals surface area (Å²) < 4.78 is 13.7. The van der Waals surface area contributed by atoms with Crippen LogP contribution < -0.4 is 5.73 Å². The molecular weight excluding hydrogens is 287 g/mol. The SMILES string of the molecule is CN(Cc1ccccc1F)C(=O)C1(C(N)=S)CCCCC1. The van der Waals surface area contributed by atoms with Gasteiger partial charge in [-0.15, -0.1) is 0 Å². The van der Waals surface area contributed by atoms with E-state index in [1.807, 2.05) is 0 Å². The molecule has 1 saturated carbocycles. The van der Waals surface area contributed by atoms with Crippen molar-refractivity contribution in [2.45, 2.75) is 38.6 Å². The minimum Gasteiger partial charge on any atom is -0.392 e. The van der Waals surface area contributed by atoms with Crippen LogP contribution in [0.5, 0.6) is 0 Å². The van der Waals surface area contributed by atoms with E-state index in [0.29, 0.717) is 18.4 Å². The lowest BCUT2D eigenvalue weighted by Gasteiger charge is -2.37. The number of nitrogens with two attached hydrogens (primary N) is 1. The molecule has 0 aromatic heterocycles. The van der Waals surface area contributed by atoms with Gasteiger partial charge in [-0.25, -0.2) is 4.39 Å². The van der Waals surface area contributed by atoms with Crippen LogP contribution in [-0.2, 0) is 11.3 Å². The summed E-state index contributed by atoms with van der Waals surface area (Å²) in [5.74, 6) is -0.386. The Morgan fingerprint density at radius 2 is 1.95 bits per heavy atom. The molecule has 1 amide bonds. The van der Waals surface area contributed by atoms with Crippen molar-refractivity contribution in [2.24, 2.45) is 11.1 Å². The number of hydrogen-bond acceptors (Lipinski definition) is 2. The van der Waals surface area contributed by atoms with E-state index in [0.717, 1.165) is 19.3 Å². The highest BCUT2D eigenvalue weighted by atomic mass is 32.1. The van der Waals surface area contributed by atoms with Gasteiger partial charge in [-0.3, -0.25) is 4.79 Å². The van der Waals surface area contributed by atoms with E-state index in [2.05, 4.69) is 0 Å². The fourth-order valence-corrected chi connectivity index (χ4v) is 3.33. The van der Waals surface area contributed by atoms with Crippen molar-refractivity contribution in [3.8, 4) is 0 Å². The van der Waals surface area contributed by atoms with Crippen LogP contribution in [0.2, 0.25) is 0 Å². The molecule has 21 heavy (non-hydrogen) atoms. The van der Waals surface area contributed by atoms with Gasteiger partial charge in [-0.2, -0.15) is 0 Å². The second kappa shape index (κ2) is 6.52. The van der Waals surface area contributed by atoms with E-state index in [4.69, 9.17) is 18.0 Å². The van der Waals surface area contributed by atoms with Gasteiger partial charge in [-0.05, 0) is 18.9 Å². The van der Waals surface area contributed by atoms with Gasteiger partial charge in [0.05, 0.1) is 10.4 Å². The lowest BCUT2D eigenvalue weighted by atomic mass is 9.73. The first kappa shape index (κ1) is 15.9. The summed E-state index contributed by atoms with van der Waals surface area (Å²) in [5.41, 5.74) is 5.63. The summed E-state index contributed by atoms with van der Waals surface area (Å²) in [5, 5.41) is 0. The topological polar surface area (TPSA) is 46.3 Å². The Hall–Kier alpha value is -1.49. The maximum absolute atomic E-state index is 13.7. The predicted molar refractivity (Wildman–Crippen MR) is 85.2 cm³/mol. The number of hydrogen-bond donors (Lipinski definition) is 1. The average Bonchev–Trinajstić information content (AvgIpc) is 2.49. The molecule has 2 N–H and O–H groups in total. The maximum Gasteiger partial charge on any atom is 0.235 e. The number of carbonyl (C=O) groups is 1. The summed E-state index contributed by atoms with van der Waals surface area (Å²) >= 11 is 5.17. The van der Waals surface area contributed by atoms with Gasteiger partial charge in [0, 0.05) is 19.2 Å². The maximum atomic E-state index is 13.7. The summed E-state index contributed by atoms with van der Waals surface area (Å²) in [4.78, 5) is 14.6. The largest absolute Gasteiger partial charge is 0.392 e. The first-order valence-corrected chi connectivity index (χ1v) is 7.67. The molecule has 0 radical (unpaired) electrons. The Bertz CT molecular complexity index is 541. The van der Waals surface area contributed by atoms with Crippen LogP contribution >= 0.6 is 12.2 Å². The Morgan fingerprint density at radius 3 is 2.52 bits per heavy atom. The van der Waals surface area contributed by atoms with Gasteiger partial charge in [-0.1, -0.05) is 49.7 Å². The van der Waals surface area contributed by atoms with E-state index in [1.165, 1.54) is 6.07 Å². The van der Waals surface area contributed by atoms with E-state index >= 15 is 0 Å². The molecule has 0 bridgehead atoms. The fourth-order valence-electron chi connectivity index (χ4n) is 3.04. The van der Waals surface area contributed by atoms with Crippen LogP contribution in [0.3, 0.4) is 0 Å². The molecule has 1 aliphatic carbocycles. The smallest absolute Gasteiger partial charge is 0.235 e. The average molecular weight is 308 g/mol. The Balaban J connectivity index is 2.17. The second-order valence-electron chi connectivity index (χ2n) is 5.76. The molecule has 1 aliphatic rings. The molecule has 0 aliphatic heterocycles. The predicted octanol–water partition coefficient (Wildman–Crippen LogP) is 3.02. The first-order valence-electron chi connectivity index (χ1n) is 7.26. The molecule has 0 unspecified atom stereocenters. The minimum absolute atomic E-state index is 0.0852. The van der Waals surface area contributed by atoms with Gasteiger partial charge < -0.3 is 10.6 Å². The van der Waals surface area contributed by atoms with E-state index in [1.54, 1.807) is 30.1 Å². The zero-order chi connectivity index (χ0) is 15.5. The Morgan fingerprint density at radius 1 is 1.33 bits per heavy atom. The molecule has 1 aromatic carbocycles. The van der Waals surface area contributed by atoms with Gasteiger partial charge in [0.15, 0.2) is 0 Å². The molecule has 114 valence electrons. The van der Waals surface area contributed by atoms with Crippen molar-refractivity contribution in [1.82, 2.24) is 4.90 Å². The highest BCUT2D eigenvalue weighted by Gasteiger charge is 2.43. The quantitative estimate of drug-likeness (QED) is 0.870. The van der Waals surface area contributed by atoms with Gasteiger partial charge in [0.2, 0.25) is 5.91 Å². The molecule has 1 aromatic rings. The Labute approximate surface area is 130 Å². The monoisotopic (exact) mass is 308 g/mol. The highest BCUT2D eigenvalue weighted by Crippen LogP contribution is 2.38. The molecule has 1 fully saturated rings. The molecule has 3 nitrogen and oxygen atoms in total. The fraction of sp³-hybridized carbons (Fsp3) is 0.500. The highest BCUT2D eigenvalue weighted by molar-refractivity contribution is 7.80. The third-order valence-corrected chi connectivity index (χ3v) is 4.69. The van der Waals surface area contributed by atoms with Gasteiger partial charge >= 0.3 is 0 Å². The molecule has 2 rings (SSSR count). The third kappa shape index (κ3) is 3.23. The standard InChI is InChI=1S/C16H21FN2OS/c1-19(11-12-7-3-4-8-13(12)17)15(20)16(14(18)21)9-5-2-6-10-16/h3-4,7-8H,2,5-6,9-11H2,1H3,(H2,18,21). The lowest BCUT2D eigenvalue weighted by Crippen LogP contribution is -2.50. The summed E-state index contributed by atoms with van der Waals surface area (Å²) in [7, 11) is 1.68. The molecule has 0 atom stereocenters. The van der Waals surface area contributed by atoms with Crippen molar-refractivity contribution in [1.29, 1.82) is 0 Å². The summed E-state index contributed by atoms with van der Waals surface area (Å²) in [6, 6.07) is 6.49. The molecular formula is C16H21FN2OS. The Kier molecular flexibility index (Phi) is 4.93. The number of halogens is 1. The van der Waals surface area contributed by atoms with Crippen LogP contribution in [0, 0.1) is 11.2 Å². The number of benzene rings is 1. The number of amides is 1. The van der Waals surface area contributed by atoms with Crippen molar-refractivity contribution < 1.29 is 9.18 Å². The summed E-state index contributed by atoms with van der Waals surface area (Å²) in [6.07, 6.45) is 4.41. The molecule has 0 heterocycles. The van der Waals surface area contributed by atoms with Crippen LogP contribution in [-0.4, -0.2) is 22.8 Å². The normalized spacial score (nSPS) is 17.2. The van der Waals surface area contributed by atoms with Crippen LogP contribution in [0.4, 0.5) is 4.39 Å². The number of thiocarbonyl (C=S) groups is 1. The van der Waals surface area contributed by atoms with E-state index in [9.17, 15) is 9.18 Å². The van der Waals surface area contributed by atoms with Crippen LogP contribution in [0.25, 0.3) is 0 Å².